The van der Waals surface area contributed by atoms with Crippen molar-refractivity contribution < 1.29 is 0 Å². The van der Waals surface area contributed by atoms with Crippen molar-refractivity contribution in [2.24, 2.45) is 11.8 Å². The molecule has 1 aliphatic rings. The minimum atomic E-state index is 0.681. The van der Waals surface area contributed by atoms with Gasteiger partial charge in [-0.2, -0.15) is 0 Å². The lowest BCUT2D eigenvalue weighted by atomic mass is 9.90. The third-order valence-corrected chi connectivity index (χ3v) is 2.24. The average Bonchev–Trinajstić information content (AvgIpc) is 2.37. The first-order chi connectivity index (χ1) is 4.34. The maximum atomic E-state index is 4.10. The molecule has 0 aromatic carbocycles. The third kappa shape index (κ3) is 1.57. The molecular formula is C9H15. The van der Waals surface area contributed by atoms with E-state index in [4.69, 9.17) is 0 Å². The molecule has 1 aliphatic carbocycles. The van der Waals surface area contributed by atoms with Crippen LogP contribution in [0.25, 0.3) is 0 Å². The molecule has 0 nitrogen and oxygen atoms in total. The zero-order valence-electron chi connectivity index (χ0n) is 6.14. The van der Waals surface area contributed by atoms with Crippen LogP contribution in [0.5, 0.6) is 0 Å². The van der Waals surface area contributed by atoms with E-state index in [1.165, 1.54) is 19.3 Å². The first-order valence-electron chi connectivity index (χ1n) is 3.82. The van der Waals surface area contributed by atoms with E-state index in [0.717, 1.165) is 5.92 Å². The molecule has 1 atom stereocenters. The second-order valence-electron chi connectivity index (χ2n) is 2.87. The largest absolute Gasteiger partial charge is 0.0882 e. The van der Waals surface area contributed by atoms with E-state index < -0.39 is 0 Å². The van der Waals surface area contributed by atoms with E-state index in [1.807, 2.05) is 0 Å². The highest BCUT2D eigenvalue weighted by molar-refractivity contribution is 4.96. The second-order valence-corrected chi connectivity index (χ2v) is 2.87. The Morgan fingerprint density at radius 3 is 2.56 bits per heavy atom. The number of rotatable bonds is 2. The van der Waals surface area contributed by atoms with E-state index in [-0.39, 0.29) is 0 Å². The lowest BCUT2D eigenvalue weighted by molar-refractivity contribution is 0.404. The Hall–Kier alpha value is -0.260. The maximum Gasteiger partial charge on any atom is -0.0317 e. The molecule has 0 aromatic rings. The highest BCUT2D eigenvalue weighted by Gasteiger charge is 2.15. The summed E-state index contributed by atoms with van der Waals surface area (Å²) in [6.07, 6.45) is 8.31. The van der Waals surface area contributed by atoms with Gasteiger partial charge < -0.3 is 0 Å². The molecule has 0 saturated heterocycles. The van der Waals surface area contributed by atoms with Crippen molar-refractivity contribution in [1.82, 2.24) is 0 Å². The predicted octanol–water partition coefficient (Wildman–Crippen LogP) is 2.81. The number of allylic oxidation sites excluding steroid dienone is 2. The highest BCUT2D eigenvalue weighted by atomic mass is 14.2. The molecular weight excluding hydrogens is 108 g/mol. The summed E-state index contributed by atoms with van der Waals surface area (Å²) in [6, 6.07) is 0. The maximum absolute atomic E-state index is 4.10. The molecule has 51 valence electrons. The molecule has 1 rings (SSSR count). The van der Waals surface area contributed by atoms with Crippen molar-refractivity contribution >= 4 is 0 Å². The second kappa shape index (κ2) is 3.05. The normalized spacial score (nSPS) is 22.9. The van der Waals surface area contributed by atoms with Gasteiger partial charge in [0, 0.05) is 0 Å². The van der Waals surface area contributed by atoms with Crippen molar-refractivity contribution in [3.05, 3.63) is 19.1 Å². The molecule has 1 unspecified atom stereocenters. The van der Waals surface area contributed by atoms with Gasteiger partial charge in [-0.15, -0.1) is 0 Å². The first kappa shape index (κ1) is 6.85. The van der Waals surface area contributed by atoms with Crippen LogP contribution >= 0.6 is 0 Å². The average molecular weight is 123 g/mol. The van der Waals surface area contributed by atoms with Crippen molar-refractivity contribution in [2.45, 2.75) is 26.2 Å². The summed E-state index contributed by atoms with van der Waals surface area (Å²) in [5.74, 6) is 1.54. The van der Waals surface area contributed by atoms with Gasteiger partial charge in [0.15, 0.2) is 0 Å². The van der Waals surface area contributed by atoms with Crippen LogP contribution in [0.1, 0.15) is 26.2 Å². The Kier molecular flexibility index (Phi) is 2.32. The standard InChI is InChI=1S/C9H15/c1-3-8(2)9-6-4-5-7-9/h4-5,8-9H,2-3,6-7H2,1H3. The number of hydrogen-bond donors (Lipinski definition) is 0. The van der Waals surface area contributed by atoms with Gasteiger partial charge in [0.05, 0.1) is 0 Å². The minimum absolute atomic E-state index is 0.681. The van der Waals surface area contributed by atoms with Crippen LogP contribution in [0, 0.1) is 18.8 Å². The molecule has 0 bridgehead atoms. The SMILES string of the molecule is [CH2]C(CC)C1CC=CC1. The van der Waals surface area contributed by atoms with Gasteiger partial charge in [-0.05, 0) is 31.6 Å². The van der Waals surface area contributed by atoms with Gasteiger partial charge in [-0.3, -0.25) is 0 Å². The minimum Gasteiger partial charge on any atom is -0.0882 e. The van der Waals surface area contributed by atoms with E-state index in [9.17, 15) is 0 Å². The summed E-state index contributed by atoms with van der Waals surface area (Å²) >= 11 is 0. The molecule has 0 N–H and O–H groups in total. The van der Waals surface area contributed by atoms with Gasteiger partial charge in [0.2, 0.25) is 0 Å². The van der Waals surface area contributed by atoms with Crippen molar-refractivity contribution in [3.8, 4) is 0 Å². The number of hydrogen-bond acceptors (Lipinski definition) is 0. The van der Waals surface area contributed by atoms with Gasteiger partial charge in [-0.1, -0.05) is 25.5 Å². The molecule has 0 fully saturated rings. The summed E-state index contributed by atoms with van der Waals surface area (Å²) in [7, 11) is 0. The van der Waals surface area contributed by atoms with E-state index in [0.29, 0.717) is 5.92 Å². The van der Waals surface area contributed by atoms with Crippen LogP contribution in [-0.2, 0) is 0 Å². The smallest absolute Gasteiger partial charge is 0.0317 e. The molecule has 0 heterocycles. The molecule has 0 aromatic heterocycles. The molecule has 0 aliphatic heterocycles. The Morgan fingerprint density at radius 1 is 1.56 bits per heavy atom. The van der Waals surface area contributed by atoms with Crippen LogP contribution in [0.15, 0.2) is 12.2 Å². The molecule has 0 amide bonds. The molecule has 9 heavy (non-hydrogen) atoms. The van der Waals surface area contributed by atoms with Gasteiger partial charge >= 0.3 is 0 Å². The highest BCUT2D eigenvalue weighted by Crippen LogP contribution is 2.27. The van der Waals surface area contributed by atoms with Crippen LogP contribution in [0.4, 0.5) is 0 Å². The summed E-state index contributed by atoms with van der Waals surface area (Å²) in [5, 5.41) is 0. The zero-order chi connectivity index (χ0) is 6.69. The monoisotopic (exact) mass is 123 g/mol. The van der Waals surface area contributed by atoms with Gasteiger partial charge in [0.1, 0.15) is 0 Å². The van der Waals surface area contributed by atoms with Crippen molar-refractivity contribution in [3.63, 3.8) is 0 Å². The van der Waals surface area contributed by atoms with Gasteiger partial charge in [-0.25, -0.2) is 0 Å². The van der Waals surface area contributed by atoms with Crippen LogP contribution < -0.4 is 0 Å². The summed E-state index contributed by atoms with van der Waals surface area (Å²) < 4.78 is 0. The molecule has 1 radical (unpaired) electrons. The Morgan fingerprint density at radius 2 is 2.11 bits per heavy atom. The van der Waals surface area contributed by atoms with Crippen molar-refractivity contribution in [1.29, 1.82) is 0 Å². The summed E-state index contributed by atoms with van der Waals surface area (Å²) in [5.41, 5.74) is 0. The zero-order valence-corrected chi connectivity index (χ0v) is 6.14. The van der Waals surface area contributed by atoms with E-state index >= 15 is 0 Å². The molecule has 0 spiro atoms. The third-order valence-electron chi connectivity index (χ3n) is 2.24. The van der Waals surface area contributed by atoms with Crippen LogP contribution in [-0.4, -0.2) is 0 Å². The summed E-state index contributed by atoms with van der Waals surface area (Å²) in [6.45, 7) is 6.32. The quantitative estimate of drug-likeness (QED) is 0.495. The fourth-order valence-electron chi connectivity index (χ4n) is 1.36. The lowest BCUT2D eigenvalue weighted by Crippen LogP contribution is -2.06. The Bertz CT molecular complexity index is 94.6. The first-order valence-corrected chi connectivity index (χ1v) is 3.82. The van der Waals surface area contributed by atoms with Crippen molar-refractivity contribution in [2.75, 3.05) is 0 Å². The van der Waals surface area contributed by atoms with E-state index in [1.54, 1.807) is 0 Å². The van der Waals surface area contributed by atoms with Crippen LogP contribution in [0.2, 0.25) is 0 Å². The fraction of sp³-hybridized carbons (Fsp3) is 0.667. The predicted molar refractivity (Wildman–Crippen MR) is 41.0 cm³/mol. The molecule has 0 saturated carbocycles. The lowest BCUT2D eigenvalue weighted by Gasteiger charge is -2.15. The van der Waals surface area contributed by atoms with Crippen LogP contribution in [0.3, 0.4) is 0 Å². The van der Waals surface area contributed by atoms with Gasteiger partial charge in [0.25, 0.3) is 0 Å². The Balaban J connectivity index is 2.27. The molecule has 0 heteroatoms. The van der Waals surface area contributed by atoms with E-state index in [2.05, 4.69) is 26.0 Å². The topological polar surface area (TPSA) is 0 Å². The summed E-state index contributed by atoms with van der Waals surface area (Å²) in [4.78, 5) is 0. The fourth-order valence-corrected chi connectivity index (χ4v) is 1.36. The Labute approximate surface area is 58.0 Å².